The molecule has 3 aromatic carbocycles. The molecule has 1 saturated heterocycles. The molecule has 7 nitrogen and oxygen atoms in total. The van der Waals surface area contributed by atoms with Crippen LogP contribution in [0.5, 0.6) is 0 Å². The molecule has 0 bridgehead atoms. The summed E-state index contributed by atoms with van der Waals surface area (Å²) in [6, 6.07) is 26.8. The van der Waals surface area contributed by atoms with Crippen molar-refractivity contribution in [1.82, 2.24) is 20.0 Å². The molecule has 0 saturated carbocycles. The molecule has 37 heavy (non-hydrogen) atoms. The predicted molar refractivity (Wildman–Crippen MR) is 143 cm³/mol. The molecule has 4 aromatic rings. The highest BCUT2D eigenvalue weighted by atomic mass is 16.5. The number of hydrogen-bond acceptors (Lipinski definition) is 4. The molecule has 5 rings (SSSR count). The van der Waals surface area contributed by atoms with Gasteiger partial charge in [-0.15, -0.1) is 0 Å². The molecule has 2 amide bonds. The van der Waals surface area contributed by atoms with Crippen LogP contribution in [0.15, 0.2) is 96.8 Å². The van der Waals surface area contributed by atoms with Gasteiger partial charge in [-0.25, -0.2) is 4.68 Å². The van der Waals surface area contributed by atoms with Crippen LogP contribution in [-0.4, -0.2) is 52.8 Å². The zero-order chi connectivity index (χ0) is 25.6. The van der Waals surface area contributed by atoms with Gasteiger partial charge in [-0.2, -0.15) is 5.10 Å². The molecule has 0 spiro atoms. The number of aryl methyl sites for hydroxylation is 1. The largest absolute Gasteiger partial charge is 0.378 e. The molecule has 0 atom stereocenters. The fourth-order valence-corrected chi connectivity index (χ4v) is 4.17. The fraction of sp³-hybridized carbons (Fsp3) is 0.167. The summed E-state index contributed by atoms with van der Waals surface area (Å²) in [5, 5.41) is 7.72. The van der Waals surface area contributed by atoms with Crippen LogP contribution in [0.4, 0.5) is 0 Å². The molecule has 0 aliphatic carbocycles. The van der Waals surface area contributed by atoms with Gasteiger partial charge in [0.05, 0.1) is 18.9 Å². The second-order valence-corrected chi connectivity index (χ2v) is 8.86. The van der Waals surface area contributed by atoms with Crippen molar-refractivity contribution in [2.75, 3.05) is 26.3 Å². The summed E-state index contributed by atoms with van der Waals surface area (Å²) >= 11 is 0. The van der Waals surface area contributed by atoms with Crippen molar-refractivity contribution in [2.24, 2.45) is 0 Å². The highest BCUT2D eigenvalue weighted by molar-refractivity contribution is 6.05. The third-order valence-corrected chi connectivity index (χ3v) is 6.20. The maximum atomic E-state index is 13.6. The Morgan fingerprint density at radius 1 is 0.892 bits per heavy atom. The Balaban J connectivity index is 1.58. The van der Waals surface area contributed by atoms with Gasteiger partial charge in [-0.1, -0.05) is 66.2 Å². The average Bonchev–Trinajstić information content (AvgIpc) is 3.38. The van der Waals surface area contributed by atoms with E-state index >= 15 is 0 Å². The summed E-state index contributed by atoms with van der Waals surface area (Å²) in [4.78, 5) is 28.5. The van der Waals surface area contributed by atoms with Crippen molar-refractivity contribution >= 4 is 17.9 Å². The lowest BCUT2D eigenvalue weighted by atomic mass is 10.1. The Morgan fingerprint density at radius 2 is 1.54 bits per heavy atom. The average molecular weight is 493 g/mol. The number of nitrogens with zero attached hydrogens (tertiary/aromatic N) is 3. The lowest BCUT2D eigenvalue weighted by Gasteiger charge is -2.27. The number of ether oxygens (including phenoxy) is 1. The van der Waals surface area contributed by atoms with E-state index in [0.717, 1.165) is 22.4 Å². The summed E-state index contributed by atoms with van der Waals surface area (Å²) in [5.74, 6) is -0.597. The Hall–Kier alpha value is -4.49. The lowest BCUT2D eigenvalue weighted by molar-refractivity contribution is -0.131. The zero-order valence-corrected chi connectivity index (χ0v) is 20.6. The molecule has 186 valence electrons. The second kappa shape index (κ2) is 11.1. The van der Waals surface area contributed by atoms with Crippen molar-refractivity contribution in [3.63, 3.8) is 0 Å². The first kappa shape index (κ1) is 24.2. The number of carbonyl (C=O) groups is 2. The van der Waals surface area contributed by atoms with Gasteiger partial charge in [0.1, 0.15) is 11.4 Å². The molecule has 2 heterocycles. The van der Waals surface area contributed by atoms with Crippen LogP contribution >= 0.6 is 0 Å². The van der Waals surface area contributed by atoms with Crippen LogP contribution in [0, 0.1) is 6.92 Å². The molecule has 1 aliphatic heterocycles. The second-order valence-electron chi connectivity index (χ2n) is 8.86. The quantitative estimate of drug-likeness (QED) is 0.403. The first-order chi connectivity index (χ1) is 18.1. The van der Waals surface area contributed by atoms with Crippen LogP contribution in [0.1, 0.15) is 21.5 Å². The minimum Gasteiger partial charge on any atom is -0.378 e. The number of carbonyl (C=O) groups excluding carboxylic acids is 2. The first-order valence-corrected chi connectivity index (χ1v) is 12.3. The van der Waals surface area contributed by atoms with E-state index in [0.29, 0.717) is 37.6 Å². The van der Waals surface area contributed by atoms with Gasteiger partial charge in [0.15, 0.2) is 0 Å². The van der Waals surface area contributed by atoms with Crippen molar-refractivity contribution in [3.8, 4) is 16.9 Å². The topological polar surface area (TPSA) is 76.5 Å². The third kappa shape index (κ3) is 5.68. The Labute approximate surface area is 216 Å². The minimum absolute atomic E-state index is 0.192. The van der Waals surface area contributed by atoms with Crippen molar-refractivity contribution in [1.29, 1.82) is 0 Å². The molecule has 0 unspecified atom stereocenters. The van der Waals surface area contributed by atoms with E-state index in [1.54, 1.807) is 27.8 Å². The fourth-order valence-electron chi connectivity index (χ4n) is 4.17. The number of benzene rings is 3. The number of nitrogens with one attached hydrogen (secondary N) is 1. The smallest absolute Gasteiger partial charge is 0.270 e. The van der Waals surface area contributed by atoms with E-state index in [1.165, 1.54) is 0 Å². The highest BCUT2D eigenvalue weighted by Crippen LogP contribution is 2.26. The Morgan fingerprint density at radius 3 is 2.22 bits per heavy atom. The SMILES string of the molecule is Cc1ccc(C(=O)N/C(=C/c2cn(-c3ccccc3)nc2-c2ccccc2)C(=O)N2CCOCC2)cc1. The van der Waals surface area contributed by atoms with E-state index in [-0.39, 0.29) is 17.5 Å². The first-order valence-electron chi connectivity index (χ1n) is 12.3. The third-order valence-electron chi connectivity index (χ3n) is 6.20. The predicted octanol–water partition coefficient (Wildman–Crippen LogP) is 4.48. The molecule has 7 heteroatoms. The van der Waals surface area contributed by atoms with Gasteiger partial charge in [0.2, 0.25) is 0 Å². The Bertz CT molecular complexity index is 1400. The molecule has 1 aromatic heterocycles. The van der Waals surface area contributed by atoms with Crippen LogP contribution in [0.3, 0.4) is 0 Å². The van der Waals surface area contributed by atoms with E-state index in [4.69, 9.17) is 9.84 Å². The Kier molecular flexibility index (Phi) is 7.23. The summed E-state index contributed by atoms with van der Waals surface area (Å²) in [7, 11) is 0. The van der Waals surface area contributed by atoms with Gasteiger partial charge in [-0.3, -0.25) is 9.59 Å². The van der Waals surface area contributed by atoms with E-state index in [1.807, 2.05) is 85.9 Å². The normalized spacial score (nSPS) is 13.9. The van der Waals surface area contributed by atoms with Crippen LogP contribution in [0.2, 0.25) is 0 Å². The summed E-state index contributed by atoms with van der Waals surface area (Å²) in [6.07, 6.45) is 3.60. The van der Waals surface area contributed by atoms with Crippen molar-refractivity contribution in [2.45, 2.75) is 6.92 Å². The van der Waals surface area contributed by atoms with E-state index in [9.17, 15) is 9.59 Å². The number of hydrogen-bond donors (Lipinski definition) is 1. The van der Waals surface area contributed by atoms with Crippen molar-refractivity contribution < 1.29 is 14.3 Å². The molecule has 1 N–H and O–H groups in total. The standard InChI is InChI=1S/C30H28N4O3/c1-22-12-14-24(15-13-22)29(35)31-27(30(36)33-16-18-37-19-17-33)20-25-21-34(26-10-6-3-7-11-26)32-28(25)23-8-4-2-5-9-23/h2-15,20-21H,16-19H2,1H3,(H,31,35)/b27-20+. The van der Waals surface area contributed by atoms with Gasteiger partial charge >= 0.3 is 0 Å². The molecule has 0 radical (unpaired) electrons. The monoisotopic (exact) mass is 492 g/mol. The van der Waals surface area contributed by atoms with Gasteiger partial charge < -0.3 is 15.0 Å². The number of rotatable bonds is 6. The maximum absolute atomic E-state index is 13.6. The number of morpholine rings is 1. The zero-order valence-electron chi connectivity index (χ0n) is 20.6. The van der Waals surface area contributed by atoms with E-state index < -0.39 is 0 Å². The van der Waals surface area contributed by atoms with Gasteiger partial charge in [-0.05, 0) is 37.3 Å². The van der Waals surface area contributed by atoms with Crippen molar-refractivity contribution in [3.05, 3.63) is 114 Å². The number of aromatic nitrogens is 2. The summed E-state index contributed by atoms with van der Waals surface area (Å²) in [6.45, 7) is 3.82. The number of amides is 2. The molecular weight excluding hydrogens is 464 g/mol. The molecule has 1 aliphatic rings. The van der Waals surface area contributed by atoms with Crippen LogP contribution < -0.4 is 5.32 Å². The summed E-state index contributed by atoms with van der Waals surface area (Å²) < 4.78 is 7.21. The summed E-state index contributed by atoms with van der Waals surface area (Å²) in [5.41, 5.74) is 4.96. The van der Waals surface area contributed by atoms with Crippen LogP contribution in [0.25, 0.3) is 23.0 Å². The number of para-hydroxylation sites is 1. The van der Waals surface area contributed by atoms with Crippen LogP contribution in [-0.2, 0) is 9.53 Å². The lowest BCUT2D eigenvalue weighted by Crippen LogP contribution is -2.44. The highest BCUT2D eigenvalue weighted by Gasteiger charge is 2.24. The minimum atomic E-state index is -0.343. The molecule has 1 fully saturated rings. The van der Waals surface area contributed by atoms with E-state index in [2.05, 4.69) is 5.32 Å². The van der Waals surface area contributed by atoms with Gasteiger partial charge in [0.25, 0.3) is 11.8 Å². The maximum Gasteiger partial charge on any atom is 0.270 e. The van der Waals surface area contributed by atoms with Gasteiger partial charge in [0, 0.05) is 36.0 Å². The molecular formula is C30H28N4O3.